The van der Waals surface area contributed by atoms with Crippen molar-refractivity contribution in [1.29, 1.82) is 0 Å². The number of hydrogen-bond donors (Lipinski definition) is 1. The Kier molecular flexibility index (Phi) is 3.65. The van der Waals surface area contributed by atoms with Crippen molar-refractivity contribution in [3.05, 3.63) is 27.5 Å². The number of hydrogen-bond acceptors (Lipinski definition) is 3. The third-order valence-electron chi connectivity index (χ3n) is 1.63. The summed E-state index contributed by atoms with van der Waals surface area (Å²) in [5.74, 6) is 0. The molecule has 0 saturated heterocycles. The Hall–Kier alpha value is -0.880. The van der Waals surface area contributed by atoms with E-state index in [1.807, 2.05) is 0 Å². The van der Waals surface area contributed by atoms with Crippen molar-refractivity contribution in [3.8, 4) is 0 Å². The SMILES string of the molecule is NCc1cc(Br)c(C(F)F)c(C=O)n1. The van der Waals surface area contributed by atoms with Gasteiger partial charge in [-0.3, -0.25) is 4.79 Å². The van der Waals surface area contributed by atoms with Gasteiger partial charge in [0, 0.05) is 11.0 Å². The highest BCUT2D eigenvalue weighted by molar-refractivity contribution is 9.10. The van der Waals surface area contributed by atoms with Crippen LogP contribution >= 0.6 is 15.9 Å². The highest BCUT2D eigenvalue weighted by atomic mass is 79.9. The summed E-state index contributed by atoms with van der Waals surface area (Å²) < 4.78 is 25.1. The van der Waals surface area contributed by atoms with Crippen molar-refractivity contribution in [2.45, 2.75) is 13.0 Å². The smallest absolute Gasteiger partial charge is 0.267 e. The van der Waals surface area contributed by atoms with Gasteiger partial charge in [-0.25, -0.2) is 13.8 Å². The molecule has 0 unspecified atom stereocenters. The molecule has 0 radical (unpaired) electrons. The Morgan fingerprint density at radius 3 is 2.71 bits per heavy atom. The number of aldehydes is 1. The monoisotopic (exact) mass is 264 g/mol. The first-order chi connectivity index (χ1) is 6.60. The standard InChI is InChI=1S/C8H7BrF2N2O/c9-5-1-4(2-12)13-6(3-14)7(5)8(10)11/h1,3,8H,2,12H2. The van der Waals surface area contributed by atoms with Gasteiger partial charge in [-0.15, -0.1) is 0 Å². The van der Waals surface area contributed by atoms with E-state index in [1.165, 1.54) is 6.07 Å². The summed E-state index contributed by atoms with van der Waals surface area (Å²) in [6, 6.07) is 1.38. The second-order valence-corrected chi connectivity index (χ2v) is 3.37. The van der Waals surface area contributed by atoms with Crippen LogP contribution in [0.25, 0.3) is 0 Å². The zero-order valence-corrected chi connectivity index (χ0v) is 8.59. The van der Waals surface area contributed by atoms with E-state index in [-0.39, 0.29) is 16.7 Å². The number of alkyl halides is 2. The molecule has 0 amide bonds. The number of carbonyl (C=O) groups excluding carboxylic acids is 1. The first-order valence-corrected chi connectivity index (χ1v) is 4.52. The van der Waals surface area contributed by atoms with Gasteiger partial charge in [0.15, 0.2) is 6.29 Å². The lowest BCUT2D eigenvalue weighted by Gasteiger charge is -2.07. The number of nitrogens with zero attached hydrogens (tertiary/aromatic N) is 1. The molecule has 6 heteroatoms. The number of pyridine rings is 1. The number of aromatic nitrogens is 1. The Bertz CT molecular complexity index is 357. The van der Waals surface area contributed by atoms with Crippen LogP contribution in [0.3, 0.4) is 0 Å². The maximum atomic E-state index is 12.5. The summed E-state index contributed by atoms with van der Waals surface area (Å²) in [6.07, 6.45) is -2.44. The first-order valence-electron chi connectivity index (χ1n) is 3.72. The number of rotatable bonds is 3. The summed E-state index contributed by atoms with van der Waals surface area (Å²) in [5.41, 5.74) is 5.01. The van der Waals surface area contributed by atoms with Gasteiger partial charge in [0.2, 0.25) is 0 Å². The van der Waals surface area contributed by atoms with Crippen LogP contribution in [0.15, 0.2) is 10.5 Å². The molecule has 0 fully saturated rings. The van der Waals surface area contributed by atoms with Crippen LogP contribution in [-0.4, -0.2) is 11.3 Å². The van der Waals surface area contributed by atoms with Gasteiger partial charge in [0.25, 0.3) is 6.43 Å². The van der Waals surface area contributed by atoms with Crippen molar-refractivity contribution in [2.24, 2.45) is 5.73 Å². The average Bonchev–Trinajstić information content (AvgIpc) is 2.15. The minimum Gasteiger partial charge on any atom is -0.325 e. The fourth-order valence-electron chi connectivity index (χ4n) is 1.00. The average molecular weight is 265 g/mol. The molecule has 0 atom stereocenters. The minimum atomic E-state index is -2.73. The van der Waals surface area contributed by atoms with E-state index in [0.29, 0.717) is 12.0 Å². The molecular formula is C8H7BrF2N2O. The molecule has 1 rings (SSSR count). The van der Waals surface area contributed by atoms with Gasteiger partial charge in [0.1, 0.15) is 5.69 Å². The fraction of sp³-hybridized carbons (Fsp3) is 0.250. The summed E-state index contributed by atoms with van der Waals surface area (Å²) in [6.45, 7) is 0.100. The molecule has 0 aliphatic heterocycles. The Balaban J connectivity index is 3.34. The van der Waals surface area contributed by atoms with E-state index < -0.39 is 12.0 Å². The molecule has 0 aliphatic carbocycles. The van der Waals surface area contributed by atoms with Crippen LogP contribution in [0, 0.1) is 0 Å². The van der Waals surface area contributed by atoms with Crippen LogP contribution in [0.5, 0.6) is 0 Å². The Morgan fingerprint density at radius 1 is 1.64 bits per heavy atom. The molecule has 76 valence electrons. The fourth-order valence-corrected chi connectivity index (χ4v) is 1.64. The highest BCUT2D eigenvalue weighted by Crippen LogP contribution is 2.29. The third-order valence-corrected chi connectivity index (χ3v) is 2.29. The minimum absolute atomic E-state index is 0.100. The van der Waals surface area contributed by atoms with Gasteiger partial charge in [-0.1, -0.05) is 15.9 Å². The van der Waals surface area contributed by atoms with E-state index >= 15 is 0 Å². The van der Waals surface area contributed by atoms with Crippen molar-refractivity contribution in [2.75, 3.05) is 0 Å². The van der Waals surface area contributed by atoms with Crippen molar-refractivity contribution in [1.82, 2.24) is 4.98 Å². The maximum absolute atomic E-state index is 12.5. The molecule has 1 heterocycles. The first kappa shape index (κ1) is 11.2. The summed E-state index contributed by atoms with van der Waals surface area (Å²) in [4.78, 5) is 14.2. The lowest BCUT2D eigenvalue weighted by atomic mass is 10.2. The number of nitrogens with two attached hydrogens (primary N) is 1. The maximum Gasteiger partial charge on any atom is 0.267 e. The molecule has 0 spiro atoms. The second-order valence-electron chi connectivity index (χ2n) is 2.52. The number of halogens is 3. The molecular weight excluding hydrogens is 258 g/mol. The van der Waals surface area contributed by atoms with Crippen molar-refractivity contribution in [3.63, 3.8) is 0 Å². The molecule has 3 nitrogen and oxygen atoms in total. The lowest BCUT2D eigenvalue weighted by molar-refractivity contribution is 0.110. The molecule has 2 N–H and O–H groups in total. The Morgan fingerprint density at radius 2 is 2.29 bits per heavy atom. The molecule has 14 heavy (non-hydrogen) atoms. The van der Waals surface area contributed by atoms with Gasteiger partial charge >= 0.3 is 0 Å². The quantitative estimate of drug-likeness (QED) is 0.851. The topological polar surface area (TPSA) is 56.0 Å². The Labute approximate surface area is 87.4 Å². The van der Waals surface area contributed by atoms with E-state index in [1.54, 1.807) is 0 Å². The van der Waals surface area contributed by atoms with Crippen LogP contribution < -0.4 is 5.73 Å². The molecule has 0 aliphatic rings. The normalized spacial score (nSPS) is 10.6. The predicted molar refractivity (Wildman–Crippen MR) is 50.2 cm³/mol. The van der Waals surface area contributed by atoms with Crippen molar-refractivity contribution >= 4 is 22.2 Å². The van der Waals surface area contributed by atoms with E-state index in [0.717, 1.165) is 0 Å². The third kappa shape index (κ3) is 2.13. The predicted octanol–water partition coefficient (Wildman–Crippen LogP) is 2.05. The van der Waals surface area contributed by atoms with Crippen LogP contribution in [0.4, 0.5) is 8.78 Å². The molecule has 0 aromatic carbocycles. The van der Waals surface area contributed by atoms with E-state index in [4.69, 9.17) is 5.73 Å². The van der Waals surface area contributed by atoms with Gasteiger partial charge < -0.3 is 5.73 Å². The van der Waals surface area contributed by atoms with E-state index in [9.17, 15) is 13.6 Å². The highest BCUT2D eigenvalue weighted by Gasteiger charge is 2.18. The number of carbonyl (C=O) groups is 1. The zero-order chi connectivity index (χ0) is 10.7. The summed E-state index contributed by atoms with van der Waals surface area (Å²) in [5, 5.41) is 0. The van der Waals surface area contributed by atoms with Crippen LogP contribution in [0.1, 0.15) is 28.2 Å². The summed E-state index contributed by atoms with van der Waals surface area (Å²) in [7, 11) is 0. The summed E-state index contributed by atoms with van der Waals surface area (Å²) >= 11 is 2.95. The van der Waals surface area contributed by atoms with Gasteiger partial charge in [0.05, 0.1) is 11.3 Å². The lowest BCUT2D eigenvalue weighted by Crippen LogP contribution is -2.06. The molecule has 1 aromatic heterocycles. The molecule has 0 bridgehead atoms. The largest absolute Gasteiger partial charge is 0.325 e. The van der Waals surface area contributed by atoms with Crippen molar-refractivity contribution < 1.29 is 13.6 Å². The van der Waals surface area contributed by atoms with Gasteiger partial charge in [-0.2, -0.15) is 0 Å². The zero-order valence-electron chi connectivity index (χ0n) is 7.01. The van der Waals surface area contributed by atoms with E-state index in [2.05, 4.69) is 20.9 Å². The van der Waals surface area contributed by atoms with Crippen LogP contribution in [0.2, 0.25) is 0 Å². The second kappa shape index (κ2) is 4.56. The van der Waals surface area contributed by atoms with Crippen LogP contribution in [-0.2, 0) is 6.54 Å². The van der Waals surface area contributed by atoms with Gasteiger partial charge in [-0.05, 0) is 6.07 Å². The molecule has 0 saturated carbocycles. The molecule has 1 aromatic rings.